The molecule has 0 saturated heterocycles. The zero-order valence-corrected chi connectivity index (χ0v) is 8.91. The second-order valence-corrected chi connectivity index (χ2v) is 3.40. The van der Waals surface area contributed by atoms with E-state index in [4.69, 9.17) is 11.6 Å². The maximum absolute atomic E-state index is 12.5. The number of H-pyrrole nitrogens is 1. The molecule has 0 unspecified atom stereocenters. The molecule has 0 aliphatic heterocycles. The van der Waals surface area contributed by atoms with E-state index in [1.165, 1.54) is 7.05 Å². The van der Waals surface area contributed by atoms with E-state index >= 15 is 0 Å². The molecule has 92 valence electrons. The molecular weight excluding hydrogens is 265 g/mol. The van der Waals surface area contributed by atoms with Crippen LogP contribution in [-0.4, -0.2) is 30.0 Å². The van der Waals surface area contributed by atoms with Crippen LogP contribution in [0.15, 0.2) is 4.79 Å². The number of aromatic nitrogens is 6. The van der Waals surface area contributed by atoms with Gasteiger partial charge in [-0.3, -0.25) is 0 Å². The van der Waals surface area contributed by atoms with Crippen LogP contribution in [0.2, 0.25) is 5.02 Å². The minimum atomic E-state index is -4.71. The third kappa shape index (κ3) is 1.79. The molecule has 0 bridgehead atoms. The number of alkyl halides is 3. The molecule has 0 aliphatic carbocycles. The average Bonchev–Trinajstić information content (AvgIpc) is 2.70. The third-order valence-corrected chi connectivity index (χ3v) is 2.25. The largest absolute Gasteiger partial charge is 0.436 e. The number of aromatic amines is 1. The molecule has 2 aromatic heterocycles. The highest BCUT2D eigenvalue weighted by Crippen LogP contribution is 2.35. The maximum Gasteiger partial charge on any atom is 0.436 e. The maximum atomic E-state index is 12.5. The van der Waals surface area contributed by atoms with Gasteiger partial charge >= 0.3 is 11.9 Å². The van der Waals surface area contributed by atoms with E-state index in [0.29, 0.717) is 4.68 Å². The van der Waals surface area contributed by atoms with Gasteiger partial charge in [0.1, 0.15) is 5.02 Å². The summed E-state index contributed by atoms with van der Waals surface area (Å²) in [7, 11) is 1.21. The summed E-state index contributed by atoms with van der Waals surface area (Å²) in [5.74, 6) is -0.308. The van der Waals surface area contributed by atoms with Crippen LogP contribution in [0.5, 0.6) is 0 Å². The Balaban J connectivity index is 2.69. The summed E-state index contributed by atoms with van der Waals surface area (Å²) >= 11 is 5.53. The third-order valence-electron chi connectivity index (χ3n) is 1.90. The molecule has 0 atom stereocenters. The van der Waals surface area contributed by atoms with Gasteiger partial charge in [0.2, 0.25) is 0 Å². The van der Waals surface area contributed by atoms with Gasteiger partial charge < -0.3 is 0 Å². The lowest BCUT2D eigenvalue weighted by molar-refractivity contribution is -0.141. The number of rotatable bonds is 1. The van der Waals surface area contributed by atoms with Crippen molar-refractivity contribution in [3.63, 3.8) is 0 Å². The van der Waals surface area contributed by atoms with E-state index in [-0.39, 0.29) is 5.82 Å². The number of nitrogens with one attached hydrogen (secondary N) is 1. The number of aryl methyl sites for hydroxylation is 1. The molecule has 0 amide bonds. The molecule has 2 rings (SSSR count). The summed E-state index contributed by atoms with van der Waals surface area (Å²) in [6.07, 6.45) is -4.71. The van der Waals surface area contributed by atoms with Crippen LogP contribution in [0.3, 0.4) is 0 Å². The Morgan fingerprint density at radius 2 is 2.06 bits per heavy atom. The van der Waals surface area contributed by atoms with Gasteiger partial charge in [-0.05, 0) is 10.4 Å². The van der Waals surface area contributed by atoms with Gasteiger partial charge in [-0.1, -0.05) is 11.6 Å². The summed E-state index contributed by atoms with van der Waals surface area (Å²) < 4.78 is 38.9. The van der Waals surface area contributed by atoms with Crippen LogP contribution in [-0.2, 0) is 13.2 Å². The normalized spacial score (nSPS) is 12.1. The van der Waals surface area contributed by atoms with E-state index in [9.17, 15) is 18.0 Å². The molecule has 11 heteroatoms. The SMILES string of the molecule is Cn1nc(C(F)(F)F)c(Cl)c1-n1nn[nH]c1=O. The Morgan fingerprint density at radius 3 is 2.47 bits per heavy atom. The van der Waals surface area contributed by atoms with Crippen molar-refractivity contribution in [3.05, 3.63) is 21.2 Å². The number of hydrogen-bond donors (Lipinski definition) is 1. The first-order valence-corrected chi connectivity index (χ1v) is 4.50. The molecule has 7 nitrogen and oxygen atoms in total. The average molecular weight is 269 g/mol. The summed E-state index contributed by atoms with van der Waals surface area (Å²) in [6.45, 7) is 0. The van der Waals surface area contributed by atoms with Gasteiger partial charge in [0.15, 0.2) is 11.5 Å². The van der Waals surface area contributed by atoms with Crippen molar-refractivity contribution in [2.75, 3.05) is 0 Å². The van der Waals surface area contributed by atoms with Crippen molar-refractivity contribution in [2.45, 2.75) is 6.18 Å². The van der Waals surface area contributed by atoms with Gasteiger partial charge in [-0.25, -0.2) is 14.6 Å². The van der Waals surface area contributed by atoms with Crippen LogP contribution in [0, 0.1) is 0 Å². The fourth-order valence-electron chi connectivity index (χ4n) is 1.24. The summed E-state index contributed by atoms with van der Waals surface area (Å²) in [6, 6.07) is 0. The van der Waals surface area contributed by atoms with Crippen LogP contribution in [0.4, 0.5) is 13.2 Å². The first kappa shape index (κ1) is 11.6. The minimum absolute atomic E-state index is 0.308. The van der Waals surface area contributed by atoms with Gasteiger partial charge in [-0.15, -0.1) is 4.68 Å². The molecule has 0 fully saturated rings. The predicted molar refractivity (Wildman–Crippen MR) is 48.8 cm³/mol. The van der Waals surface area contributed by atoms with Gasteiger partial charge in [0, 0.05) is 7.05 Å². The molecule has 2 aromatic rings. The van der Waals surface area contributed by atoms with Gasteiger partial charge in [-0.2, -0.15) is 18.3 Å². The van der Waals surface area contributed by atoms with Crippen molar-refractivity contribution in [2.24, 2.45) is 7.05 Å². The van der Waals surface area contributed by atoms with E-state index in [1.807, 2.05) is 5.10 Å². The lowest BCUT2D eigenvalue weighted by atomic mass is 10.4. The molecule has 17 heavy (non-hydrogen) atoms. The first-order chi connectivity index (χ1) is 7.82. The molecule has 0 aliphatic rings. The number of tetrazole rings is 1. The molecule has 0 aromatic carbocycles. The smallest absolute Gasteiger partial charge is 0.249 e. The van der Waals surface area contributed by atoms with E-state index in [1.54, 1.807) is 0 Å². The summed E-state index contributed by atoms with van der Waals surface area (Å²) in [4.78, 5) is 11.2. The summed E-state index contributed by atoms with van der Waals surface area (Å²) in [5, 5.41) is 10.9. The van der Waals surface area contributed by atoms with Crippen molar-refractivity contribution >= 4 is 11.6 Å². The summed E-state index contributed by atoms with van der Waals surface area (Å²) in [5.41, 5.74) is -2.10. The number of halogens is 4. The lowest BCUT2D eigenvalue weighted by Crippen LogP contribution is -2.19. The Bertz CT molecular complexity index is 610. The second-order valence-electron chi connectivity index (χ2n) is 3.03. The quantitative estimate of drug-likeness (QED) is 0.810. The van der Waals surface area contributed by atoms with E-state index in [2.05, 4.69) is 15.5 Å². The molecule has 0 spiro atoms. The Morgan fingerprint density at radius 1 is 1.41 bits per heavy atom. The predicted octanol–water partition coefficient (Wildman–Crippen LogP) is 0.361. The molecule has 1 N–H and O–H groups in total. The van der Waals surface area contributed by atoms with E-state index < -0.39 is 22.6 Å². The van der Waals surface area contributed by atoms with Crippen LogP contribution in [0.25, 0.3) is 5.82 Å². The van der Waals surface area contributed by atoms with Crippen LogP contribution in [0.1, 0.15) is 5.69 Å². The Kier molecular flexibility index (Phi) is 2.45. The Hall–Kier alpha value is -1.84. The first-order valence-electron chi connectivity index (χ1n) is 4.13. The van der Waals surface area contributed by atoms with Gasteiger partial charge in [0.05, 0.1) is 0 Å². The van der Waals surface area contributed by atoms with Crippen LogP contribution >= 0.6 is 11.6 Å². The van der Waals surface area contributed by atoms with Crippen molar-refractivity contribution in [1.29, 1.82) is 0 Å². The van der Waals surface area contributed by atoms with Crippen molar-refractivity contribution in [1.82, 2.24) is 30.0 Å². The highest BCUT2D eigenvalue weighted by molar-refractivity contribution is 6.33. The fourth-order valence-corrected chi connectivity index (χ4v) is 1.58. The molecular formula is C6H4ClF3N6O. The van der Waals surface area contributed by atoms with Crippen molar-refractivity contribution in [3.8, 4) is 5.82 Å². The number of nitrogens with zero attached hydrogens (tertiary/aromatic N) is 5. The Labute approximate surface area is 95.8 Å². The molecule has 0 radical (unpaired) electrons. The zero-order chi connectivity index (χ0) is 12.8. The zero-order valence-electron chi connectivity index (χ0n) is 8.16. The topological polar surface area (TPSA) is 81.4 Å². The van der Waals surface area contributed by atoms with Crippen LogP contribution < -0.4 is 5.69 Å². The van der Waals surface area contributed by atoms with Gasteiger partial charge in [0.25, 0.3) is 0 Å². The fraction of sp³-hybridized carbons (Fsp3) is 0.333. The second kappa shape index (κ2) is 3.58. The van der Waals surface area contributed by atoms with E-state index in [0.717, 1.165) is 4.68 Å². The highest BCUT2D eigenvalue weighted by Gasteiger charge is 2.39. The minimum Gasteiger partial charge on any atom is -0.249 e. The lowest BCUT2D eigenvalue weighted by Gasteiger charge is -2.01. The monoisotopic (exact) mass is 268 g/mol. The number of hydrogen-bond acceptors (Lipinski definition) is 4. The highest BCUT2D eigenvalue weighted by atomic mass is 35.5. The molecule has 0 saturated carbocycles. The van der Waals surface area contributed by atoms with Crippen molar-refractivity contribution < 1.29 is 13.2 Å². The molecule has 2 heterocycles. The standard InChI is InChI=1S/C6H4ClF3N6O/c1-15-4(16-5(17)11-13-14-16)2(7)3(12-15)6(8,9)10/h1H3,(H,11,14,17).